The van der Waals surface area contributed by atoms with Gasteiger partial charge in [0.15, 0.2) is 0 Å². The van der Waals surface area contributed by atoms with Crippen LogP contribution in [-0.2, 0) is 0 Å². The molecule has 0 unspecified atom stereocenters. The van der Waals surface area contributed by atoms with E-state index in [9.17, 15) is 18.0 Å². The van der Waals surface area contributed by atoms with Crippen molar-refractivity contribution < 1.29 is 18.0 Å². The van der Waals surface area contributed by atoms with Crippen LogP contribution < -0.4 is 0 Å². The molecule has 1 aliphatic rings. The van der Waals surface area contributed by atoms with Crippen LogP contribution in [0, 0.1) is 5.82 Å². The molecule has 0 saturated carbocycles. The largest absolute Gasteiger partial charge is 0.338 e. The van der Waals surface area contributed by atoms with Crippen molar-refractivity contribution in [2.45, 2.75) is 18.8 Å². The lowest BCUT2D eigenvalue weighted by Crippen LogP contribution is -2.43. The highest BCUT2D eigenvalue weighted by Crippen LogP contribution is 2.30. The first-order valence-electron chi connectivity index (χ1n) is 5.62. The van der Waals surface area contributed by atoms with Crippen LogP contribution in [0.2, 0.25) is 5.02 Å². The number of likely N-dealkylation sites (tertiary alicyclic amines) is 1. The van der Waals surface area contributed by atoms with E-state index < -0.39 is 30.5 Å². The third-order valence-electron chi connectivity index (χ3n) is 3.02. The molecule has 1 aromatic rings. The summed E-state index contributed by atoms with van der Waals surface area (Å²) in [7, 11) is 0. The smallest absolute Gasteiger partial charge is 0.256 e. The summed E-state index contributed by atoms with van der Waals surface area (Å²) in [6, 6.07) is 2.30. The second-order valence-electron chi connectivity index (χ2n) is 4.39. The standard InChI is InChI=1S/C12H10BrClF3NO/c13-8-5-7(10(15)6-9(8)14)11(19)18-3-1-12(16,17)2-4-18/h5-6H,1-4H2. The molecule has 1 saturated heterocycles. The summed E-state index contributed by atoms with van der Waals surface area (Å²) < 4.78 is 40.1. The van der Waals surface area contributed by atoms with Gasteiger partial charge in [-0.05, 0) is 28.1 Å². The number of hydrogen-bond donors (Lipinski definition) is 0. The molecule has 0 atom stereocenters. The number of carbonyl (C=O) groups excluding carboxylic acids is 1. The molecule has 0 bridgehead atoms. The molecule has 1 fully saturated rings. The molecule has 2 rings (SSSR count). The van der Waals surface area contributed by atoms with E-state index in [1.807, 2.05) is 0 Å². The van der Waals surface area contributed by atoms with Gasteiger partial charge in [-0.2, -0.15) is 0 Å². The summed E-state index contributed by atoms with van der Waals surface area (Å²) in [5.41, 5.74) is -0.165. The lowest BCUT2D eigenvalue weighted by molar-refractivity contribution is -0.0494. The molecule has 7 heteroatoms. The van der Waals surface area contributed by atoms with E-state index >= 15 is 0 Å². The van der Waals surface area contributed by atoms with E-state index in [1.165, 1.54) is 11.0 Å². The Labute approximate surface area is 121 Å². The van der Waals surface area contributed by atoms with Crippen molar-refractivity contribution in [1.29, 1.82) is 0 Å². The van der Waals surface area contributed by atoms with Gasteiger partial charge in [-0.25, -0.2) is 13.2 Å². The molecule has 0 spiro atoms. The van der Waals surface area contributed by atoms with Gasteiger partial charge in [-0.3, -0.25) is 4.79 Å². The van der Waals surface area contributed by atoms with Crippen molar-refractivity contribution in [3.63, 3.8) is 0 Å². The monoisotopic (exact) mass is 355 g/mol. The van der Waals surface area contributed by atoms with E-state index in [2.05, 4.69) is 15.9 Å². The average molecular weight is 357 g/mol. The zero-order valence-corrected chi connectivity index (χ0v) is 12.1. The minimum atomic E-state index is -2.74. The number of amides is 1. The number of hydrogen-bond acceptors (Lipinski definition) is 1. The highest BCUT2D eigenvalue weighted by Gasteiger charge is 2.36. The van der Waals surface area contributed by atoms with Gasteiger partial charge >= 0.3 is 0 Å². The van der Waals surface area contributed by atoms with Gasteiger partial charge < -0.3 is 4.90 Å². The minimum absolute atomic E-state index is 0.0779. The number of halogens is 5. The van der Waals surface area contributed by atoms with Crippen LogP contribution in [-0.4, -0.2) is 29.8 Å². The Morgan fingerprint density at radius 2 is 1.89 bits per heavy atom. The van der Waals surface area contributed by atoms with Crippen molar-refractivity contribution in [3.8, 4) is 0 Å². The summed E-state index contributed by atoms with van der Waals surface area (Å²) in [5, 5.41) is 0.152. The summed E-state index contributed by atoms with van der Waals surface area (Å²) in [4.78, 5) is 13.3. The number of nitrogens with zero attached hydrogens (tertiary/aromatic N) is 1. The Hall–Kier alpha value is -0.750. The third kappa shape index (κ3) is 3.23. The first-order chi connectivity index (χ1) is 8.80. The zero-order valence-electron chi connectivity index (χ0n) is 9.73. The van der Waals surface area contributed by atoms with Crippen molar-refractivity contribution in [1.82, 2.24) is 4.90 Å². The van der Waals surface area contributed by atoms with Gasteiger partial charge in [0.05, 0.1) is 10.6 Å². The Bertz CT molecular complexity index is 514. The lowest BCUT2D eigenvalue weighted by atomic mass is 10.1. The molecule has 1 heterocycles. The highest BCUT2D eigenvalue weighted by atomic mass is 79.9. The number of carbonyl (C=O) groups is 1. The average Bonchev–Trinajstić information content (AvgIpc) is 2.33. The molecule has 0 radical (unpaired) electrons. The van der Waals surface area contributed by atoms with Crippen molar-refractivity contribution >= 4 is 33.4 Å². The predicted molar refractivity (Wildman–Crippen MR) is 69.2 cm³/mol. The van der Waals surface area contributed by atoms with E-state index in [1.54, 1.807) is 0 Å². The highest BCUT2D eigenvalue weighted by molar-refractivity contribution is 9.10. The van der Waals surface area contributed by atoms with Gasteiger partial charge in [0, 0.05) is 30.4 Å². The maximum absolute atomic E-state index is 13.7. The van der Waals surface area contributed by atoms with Crippen LogP contribution in [0.1, 0.15) is 23.2 Å². The quantitative estimate of drug-likeness (QED) is 0.693. The number of rotatable bonds is 1. The zero-order chi connectivity index (χ0) is 14.2. The van der Waals surface area contributed by atoms with E-state index in [-0.39, 0.29) is 23.7 Å². The number of piperidine rings is 1. The molecule has 0 N–H and O–H groups in total. The third-order valence-corrected chi connectivity index (χ3v) is 4.22. The first-order valence-corrected chi connectivity index (χ1v) is 6.79. The fraction of sp³-hybridized carbons (Fsp3) is 0.417. The molecule has 0 aromatic heterocycles. The van der Waals surface area contributed by atoms with Gasteiger partial charge in [-0.15, -0.1) is 0 Å². The lowest BCUT2D eigenvalue weighted by Gasteiger charge is -2.31. The predicted octanol–water partition coefficient (Wildman–Crippen LogP) is 4.11. The fourth-order valence-corrected chi connectivity index (χ4v) is 2.39. The second kappa shape index (κ2) is 5.32. The normalized spacial score (nSPS) is 18.5. The Morgan fingerprint density at radius 3 is 2.47 bits per heavy atom. The number of alkyl halides is 2. The van der Waals surface area contributed by atoms with E-state index in [0.29, 0.717) is 4.47 Å². The summed E-state index contributed by atoms with van der Waals surface area (Å²) in [5.74, 6) is -4.09. The van der Waals surface area contributed by atoms with Crippen molar-refractivity contribution in [2.75, 3.05) is 13.1 Å². The summed E-state index contributed by atoms with van der Waals surface area (Å²) >= 11 is 8.80. The van der Waals surface area contributed by atoms with Crippen LogP contribution in [0.5, 0.6) is 0 Å². The maximum atomic E-state index is 13.7. The molecular weight excluding hydrogens is 346 g/mol. The molecule has 19 heavy (non-hydrogen) atoms. The van der Waals surface area contributed by atoms with Crippen molar-refractivity contribution in [2.24, 2.45) is 0 Å². The molecule has 2 nitrogen and oxygen atoms in total. The fourth-order valence-electron chi connectivity index (χ4n) is 1.89. The maximum Gasteiger partial charge on any atom is 0.256 e. The van der Waals surface area contributed by atoms with E-state index in [0.717, 1.165) is 6.07 Å². The Morgan fingerprint density at radius 1 is 1.32 bits per heavy atom. The van der Waals surface area contributed by atoms with Gasteiger partial charge in [-0.1, -0.05) is 11.6 Å². The molecule has 1 amide bonds. The van der Waals surface area contributed by atoms with Crippen LogP contribution in [0.25, 0.3) is 0 Å². The van der Waals surface area contributed by atoms with Gasteiger partial charge in [0.2, 0.25) is 0 Å². The first kappa shape index (κ1) is 14.7. The van der Waals surface area contributed by atoms with Crippen LogP contribution >= 0.6 is 27.5 Å². The minimum Gasteiger partial charge on any atom is -0.338 e. The Balaban J connectivity index is 2.19. The molecule has 0 aliphatic carbocycles. The topological polar surface area (TPSA) is 20.3 Å². The molecule has 1 aliphatic heterocycles. The Kier molecular flexibility index (Phi) is 4.11. The summed E-state index contributed by atoms with van der Waals surface area (Å²) in [6.07, 6.45) is -0.787. The van der Waals surface area contributed by atoms with Gasteiger partial charge in [0.1, 0.15) is 5.82 Å². The van der Waals surface area contributed by atoms with Crippen LogP contribution in [0.4, 0.5) is 13.2 Å². The second-order valence-corrected chi connectivity index (χ2v) is 5.66. The SMILES string of the molecule is O=C(c1cc(Br)c(Cl)cc1F)N1CCC(F)(F)CC1. The molecule has 1 aromatic carbocycles. The molecular formula is C12H10BrClF3NO. The summed E-state index contributed by atoms with van der Waals surface area (Å²) in [6.45, 7) is -0.156. The van der Waals surface area contributed by atoms with Crippen molar-refractivity contribution in [3.05, 3.63) is 33.0 Å². The molecule has 104 valence electrons. The van der Waals surface area contributed by atoms with Gasteiger partial charge in [0.25, 0.3) is 11.8 Å². The van der Waals surface area contributed by atoms with Crippen LogP contribution in [0.15, 0.2) is 16.6 Å². The number of benzene rings is 1. The van der Waals surface area contributed by atoms with E-state index in [4.69, 9.17) is 11.6 Å². The van der Waals surface area contributed by atoms with Crippen LogP contribution in [0.3, 0.4) is 0 Å².